The molecule has 0 saturated carbocycles. The third kappa shape index (κ3) is 2.86. The Morgan fingerprint density at radius 1 is 1.42 bits per heavy atom. The Morgan fingerprint density at radius 2 is 2.19 bits per heavy atom. The summed E-state index contributed by atoms with van der Waals surface area (Å²) in [6.07, 6.45) is -0.891. The second-order valence-electron chi connectivity index (χ2n) is 6.42. The Kier molecular flexibility index (Phi) is 4.39. The maximum atomic E-state index is 12.2. The largest absolute Gasteiger partial charge is 0.397 e. The van der Waals surface area contributed by atoms with E-state index in [1.54, 1.807) is 4.90 Å². The van der Waals surface area contributed by atoms with Gasteiger partial charge >= 0.3 is 0 Å². The van der Waals surface area contributed by atoms with E-state index in [4.69, 9.17) is 5.73 Å². The van der Waals surface area contributed by atoms with Gasteiger partial charge in [-0.3, -0.25) is 10.1 Å². The quantitative estimate of drug-likeness (QED) is 0.590. The minimum atomic E-state index is -0.891. The average Bonchev–Trinajstić information content (AvgIpc) is 3.22. The van der Waals surface area contributed by atoms with Crippen molar-refractivity contribution in [2.24, 2.45) is 0 Å². The van der Waals surface area contributed by atoms with Crippen molar-refractivity contribution in [2.75, 3.05) is 18.8 Å². The number of carbonyl (C=O) groups excluding carboxylic acids is 1. The molecule has 1 atom stereocenters. The zero-order chi connectivity index (χ0) is 18.4. The summed E-state index contributed by atoms with van der Waals surface area (Å²) in [6, 6.07) is 3.73. The molecule has 3 aromatic rings. The lowest BCUT2D eigenvalue weighted by atomic mass is 10.1. The molecule has 26 heavy (non-hydrogen) atoms. The number of thiophene rings is 2. The fourth-order valence-electron chi connectivity index (χ4n) is 3.07. The van der Waals surface area contributed by atoms with Crippen molar-refractivity contribution in [3.63, 3.8) is 0 Å². The smallest absolute Gasteiger partial charge is 0.264 e. The van der Waals surface area contributed by atoms with Gasteiger partial charge in [0, 0.05) is 24.5 Å². The lowest BCUT2D eigenvalue weighted by molar-refractivity contribution is 0.0412. The number of carbonyl (C=O) groups is 1. The highest BCUT2D eigenvalue weighted by atomic mass is 32.1. The number of rotatable bonds is 4. The van der Waals surface area contributed by atoms with E-state index < -0.39 is 6.23 Å². The van der Waals surface area contributed by atoms with E-state index in [-0.39, 0.29) is 11.9 Å². The number of fused-ring (bicyclic) bond motifs is 1. The Hall–Kier alpha value is -2.07. The highest BCUT2D eigenvalue weighted by Gasteiger charge is 2.33. The molecule has 3 aromatic heterocycles. The van der Waals surface area contributed by atoms with Crippen LogP contribution in [0.15, 0.2) is 17.5 Å². The number of nitrogens with one attached hydrogen (secondary N) is 1. The minimum absolute atomic E-state index is 0.0347. The van der Waals surface area contributed by atoms with Gasteiger partial charge in [0.2, 0.25) is 0 Å². The third-order valence-corrected chi connectivity index (χ3v) is 6.71. The van der Waals surface area contributed by atoms with Crippen molar-refractivity contribution >= 4 is 44.5 Å². The minimum Gasteiger partial charge on any atom is -0.397 e. The summed E-state index contributed by atoms with van der Waals surface area (Å²) in [5, 5.41) is 24.8. The number of nitrogen functional groups attached to an aromatic ring is 1. The predicted octanol–water partition coefficient (Wildman–Crippen LogP) is 2.06. The lowest BCUT2D eigenvalue weighted by Crippen LogP contribution is -2.60. The number of aromatic nitrogens is 2. The van der Waals surface area contributed by atoms with Crippen LogP contribution in [-0.2, 0) is 0 Å². The molecule has 1 amide bonds. The topological polar surface area (TPSA) is 104 Å². The number of hydrogen-bond donors (Lipinski definition) is 3. The molecular formula is C17H19N5O2S2. The summed E-state index contributed by atoms with van der Waals surface area (Å²) in [7, 11) is 0. The number of likely N-dealkylation sites (tertiary alicyclic amines) is 1. The Bertz CT molecular complexity index is 963. The van der Waals surface area contributed by atoms with Crippen molar-refractivity contribution in [3.8, 4) is 0 Å². The molecule has 4 heterocycles. The molecular weight excluding hydrogens is 370 g/mol. The molecule has 0 aliphatic carbocycles. The van der Waals surface area contributed by atoms with Crippen molar-refractivity contribution < 1.29 is 9.90 Å². The van der Waals surface area contributed by atoms with Gasteiger partial charge in [0.1, 0.15) is 11.1 Å². The molecule has 0 radical (unpaired) electrons. The van der Waals surface area contributed by atoms with Crippen LogP contribution < -0.4 is 11.1 Å². The van der Waals surface area contributed by atoms with E-state index in [1.807, 2.05) is 31.4 Å². The Morgan fingerprint density at radius 3 is 2.88 bits per heavy atom. The van der Waals surface area contributed by atoms with Crippen molar-refractivity contribution in [2.45, 2.75) is 26.1 Å². The molecule has 1 aliphatic rings. The normalized spacial score (nSPS) is 16.0. The Balaban J connectivity index is 1.44. The monoisotopic (exact) mass is 389 g/mol. The first-order chi connectivity index (χ1) is 12.5. The van der Waals surface area contributed by atoms with Gasteiger partial charge in [-0.15, -0.1) is 27.8 Å². The highest BCUT2D eigenvalue weighted by Crippen LogP contribution is 2.38. The molecule has 0 aromatic carbocycles. The number of anilines is 1. The molecule has 9 heteroatoms. The molecule has 1 fully saturated rings. The van der Waals surface area contributed by atoms with E-state index in [0.717, 1.165) is 26.4 Å². The number of hydrogen-bond acceptors (Lipinski definition) is 8. The van der Waals surface area contributed by atoms with Crippen LogP contribution in [0.1, 0.15) is 32.0 Å². The fraction of sp³-hybridized carbons (Fsp3) is 0.353. The lowest BCUT2D eigenvalue weighted by Gasteiger charge is -2.40. The SMILES string of the molecule is Cc1nnc2sc(C(O)NC3CN(C(=O)c4cccs4)C3)c(N)c2c1C. The van der Waals surface area contributed by atoms with Crippen LogP contribution in [0.4, 0.5) is 5.69 Å². The van der Waals surface area contributed by atoms with E-state index in [0.29, 0.717) is 23.7 Å². The number of nitrogens with zero attached hydrogens (tertiary/aromatic N) is 3. The Labute approximate surface area is 158 Å². The second-order valence-corrected chi connectivity index (χ2v) is 8.40. The van der Waals surface area contributed by atoms with Crippen LogP contribution in [0.5, 0.6) is 0 Å². The highest BCUT2D eigenvalue weighted by molar-refractivity contribution is 7.19. The van der Waals surface area contributed by atoms with Crippen LogP contribution in [0.25, 0.3) is 10.2 Å². The van der Waals surface area contributed by atoms with Gasteiger partial charge in [0.05, 0.1) is 21.1 Å². The van der Waals surface area contributed by atoms with E-state index in [2.05, 4.69) is 15.5 Å². The van der Waals surface area contributed by atoms with Gasteiger partial charge < -0.3 is 15.7 Å². The molecule has 136 valence electrons. The summed E-state index contributed by atoms with van der Waals surface area (Å²) in [4.78, 5) is 16.1. The number of aryl methyl sites for hydroxylation is 2. The standard InChI is InChI=1S/C17H19N5O2S2/c1-8-9(2)20-21-16-12(8)13(18)14(26-16)15(23)19-10-6-22(7-10)17(24)11-4-3-5-25-11/h3-5,10,15,19,23H,6-7,18H2,1-2H3. The fourth-order valence-corrected chi connectivity index (χ4v) is 4.80. The number of amides is 1. The third-order valence-electron chi connectivity index (χ3n) is 4.71. The van der Waals surface area contributed by atoms with Crippen LogP contribution in [-0.4, -0.2) is 45.2 Å². The maximum Gasteiger partial charge on any atom is 0.264 e. The number of aliphatic hydroxyl groups is 1. The molecule has 1 unspecified atom stereocenters. The van der Waals surface area contributed by atoms with Crippen LogP contribution in [0.3, 0.4) is 0 Å². The summed E-state index contributed by atoms with van der Waals surface area (Å²) < 4.78 is 0. The van der Waals surface area contributed by atoms with E-state index >= 15 is 0 Å². The van der Waals surface area contributed by atoms with E-state index in [9.17, 15) is 9.90 Å². The maximum absolute atomic E-state index is 12.2. The van der Waals surface area contributed by atoms with Crippen LogP contribution in [0.2, 0.25) is 0 Å². The van der Waals surface area contributed by atoms with Crippen LogP contribution >= 0.6 is 22.7 Å². The molecule has 1 aliphatic heterocycles. The number of aliphatic hydroxyl groups excluding tert-OH is 1. The van der Waals surface area contributed by atoms with Gasteiger partial charge in [-0.1, -0.05) is 6.07 Å². The van der Waals surface area contributed by atoms with Crippen molar-refractivity contribution in [1.29, 1.82) is 0 Å². The van der Waals surface area contributed by atoms with Crippen molar-refractivity contribution in [3.05, 3.63) is 38.5 Å². The molecule has 4 rings (SSSR count). The van der Waals surface area contributed by atoms with Gasteiger partial charge in [0.15, 0.2) is 0 Å². The first-order valence-corrected chi connectivity index (χ1v) is 9.94. The van der Waals surface area contributed by atoms with Gasteiger partial charge in [-0.2, -0.15) is 5.10 Å². The average molecular weight is 390 g/mol. The molecule has 4 N–H and O–H groups in total. The predicted molar refractivity (Wildman–Crippen MR) is 103 cm³/mol. The zero-order valence-electron chi connectivity index (χ0n) is 14.4. The van der Waals surface area contributed by atoms with Crippen LogP contribution in [0, 0.1) is 13.8 Å². The van der Waals surface area contributed by atoms with Gasteiger partial charge in [-0.25, -0.2) is 0 Å². The van der Waals surface area contributed by atoms with Gasteiger partial charge in [-0.05, 0) is 30.9 Å². The van der Waals surface area contributed by atoms with Crippen molar-refractivity contribution in [1.82, 2.24) is 20.4 Å². The van der Waals surface area contributed by atoms with Gasteiger partial charge in [0.25, 0.3) is 5.91 Å². The molecule has 0 bridgehead atoms. The number of nitrogens with two attached hydrogens (primary N) is 1. The summed E-state index contributed by atoms with van der Waals surface area (Å²) in [6.45, 7) is 4.98. The summed E-state index contributed by atoms with van der Waals surface area (Å²) in [5.74, 6) is 0.0373. The second kappa shape index (κ2) is 6.58. The molecule has 0 spiro atoms. The molecule has 1 saturated heterocycles. The first kappa shape index (κ1) is 17.3. The first-order valence-electron chi connectivity index (χ1n) is 8.24. The summed E-state index contributed by atoms with van der Waals surface area (Å²) in [5.41, 5.74) is 8.63. The molecule has 7 nitrogen and oxygen atoms in total. The zero-order valence-corrected chi connectivity index (χ0v) is 16.0. The summed E-state index contributed by atoms with van der Waals surface area (Å²) >= 11 is 2.79. The van der Waals surface area contributed by atoms with E-state index in [1.165, 1.54) is 22.7 Å².